The molecular weight excluding hydrogens is 356 g/mol. The first-order valence-corrected chi connectivity index (χ1v) is 12.9. The summed E-state index contributed by atoms with van der Waals surface area (Å²) in [5.74, 6) is 4.42. The Morgan fingerprint density at radius 2 is 1.69 bits per heavy atom. The molecule has 166 valence electrons. The molecule has 0 heterocycles. The number of carbonyl (C=O) groups is 1. The maximum atomic E-state index is 13.3. The highest BCUT2D eigenvalue weighted by Crippen LogP contribution is 2.68. The van der Waals surface area contributed by atoms with Crippen LogP contribution < -0.4 is 0 Å². The smallest absolute Gasteiger partial charge is 0.165 e. The quantitative estimate of drug-likeness (QED) is 0.549. The summed E-state index contributed by atoms with van der Waals surface area (Å²) in [5.41, 5.74) is -0.783. The van der Waals surface area contributed by atoms with Gasteiger partial charge in [-0.15, -0.1) is 0 Å². The highest BCUT2D eigenvalue weighted by molar-refractivity contribution is 5.89. The first-order valence-electron chi connectivity index (χ1n) is 12.9. The van der Waals surface area contributed by atoms with Gasteiger partial charge in [0.15, 0.2) is 5.78 Å². The van der Waals surface area contributed by atoms with E-state index in [-0.39, 0.29) is 11.2 Å². The predicted octanol–water partition coefficient (Wildman–Crippen LogP) is 6.79. The second kappa shape index (κ2) is 7.64. The third kappa shape index (κ3) is 3.26. The van der Waals surface area contributed by atoms with Gasteiger partial charge in [0.2, 0.25) is 0 Å². The van der Waals surface area contributed by atoms with Crippen LogP contribution in [0.3, 0.4) is 0 Å². The molecule has 0 unspecified atom stereocenters. The van der Waals surface area contributed by atoms with Gasteiger partial charge in [0.1, 0.15) is 5.60 Å². The molecule has 4 rings (SSSR count). The molecule has 1 N–H and O–H groups in total. The van der Waals surface area contributed by atoms with Crippen LogP contribution in [0.5, 0.6) is 0 Å². The molecule has 4 aliphatic carbocycles. The molecule has 2 nitrogen and oxygen atoms in total. The summed E-state index contributed by atoms with van der Waals surface area (Å²) in [6.45, 7) is 12.1. The molecule has 8 atom stereocenters. The van der Waals surface area contributed by atoms with Gasteiger partial charge in [-0.3, -0.25) is 4.79 Å². The molecule has 0 aromatic carbocycles. The monoisotopic (exact) mass is 402 g/mol. The third-order valence-electron chi connectivity index (χ3n) is 10.8. The average molecular weight is 403 g/mol. The van der Waals surface area contributed by atoms with E-state index in [0.29, 0.717) is 36.0 Å². The number of Topliss-reactive ketones (excluding diaryl/α,β-unsaturated/α-hetero) is 1. The molecule has 0 radical (unpaired) electrons. The van der Waals surface area contributed by atoms with E-state index in [4.69, 9.17) is 0 Å². The molecule has 0 spiro atoms. The molecule has 0 amide bonds. The van der Waals surface area contributed by atoms with Gasteiger partial charge < -0.3 is 5.11 Å². The topological polar surface area (TPSA) is 37.3 Å². The van der Waals surface area contributed by atoms with Crippen LogP contribution in [-0.4, -0.2) is 16.5 Å². The van der Waals surface area contributed by atoms with Crippen molar-refractivity contribution < 1.29 is 9.90 Å². The number of fused-ring (bicyclic) bond motifs is 5. The first kappa shape index (κ1) is 21.8. The first-order chi connectivity index (χ1) is 13.6. The fraction of sp³-hybridized carbons (Fsp3) is 0.963. The van der Waals surface area contributed by atoms with Gasteiger partial charge in [-0.25, -0.2) is 0 Å². The minimum Gasteiger partial charge on any atom is -0.381 e. The highest BCUT2D eigenvalue weighted by atomic mass is 16.3. The SMILES string of the molecule is CC(C)CCC[C@@H](C)[C@H]1CC[C@@H]2[C@H]3CC(=O)[C@@]4(O)CCCC[C@]4(C)[C@@H]3CC[C@]21C. The zero-order chi connectivity index (χ0) is 21.0. The van der Waals surface area contributed by atoms with Gasteiger partial charge in [0.25, 0.3) is 0 Å². The maximum absolute atomic E-state index is 13.3. The van der Waals surface area contributed by atoms with Crippen molar-refractivity contribution in [3.8, 4) is 0 Å². The van der Waals surface area contributed by atoms with Crippen LogP contribution in [0.25, 0.3) is 0 Å². The molecule has 4 fully saturated rings. The molecule has 0 aliphatic heterocycles. The Bertz CT molecular complexity index is 626. The standard InChI is InChI=1S/C27H46O2/c1-18(2)9-8-10-19(3)21-11-12-22-20-17-24(28)27(29)15-7-6-14-26(27,5)23(20)13-16-25(21,22)4/h18-23,29H,6-17H2,1-5H3/t19-,20-,21-,22-,23-,25+,26-,27+/m1/s1. The number of hydrogen-bond donors (Lipinski definition) is 1. The Hall–Kier alpha value is -0.370. The minimum atomic E-state index is -1.03. The summed E-state index contributed by atoms with van der Waals surface area (Å²) in [6, 6.07) is 0. The number of aliphatic hydroxyl groups is 1. The van der Waals surface area contributed by atoms with Crippen LogP contribution in [0, 0.1) is 46.3 Å². The van der Waals surface area contributed by atoms with Crippen molar-refractivity contribution in [1.82, 2.24) is 0 Å². The molecule has 4 aliphatic rings. The summed E-state index contributed by atoms with van der Waals surface area (Å²) >= 11 is 0. The van der Waals surface area contributed by atoms with E-state index in [1.807, 2.05) is 0 Å². The average Bonchev–Trinajstić information content (AvgIpc) is 3.01. The lowest BCUT2D eigenvalue weighted by Gasteiger charge is -2.62. The van der Waals surface area contributed by atoms with Crippen molar-refractivity contribution in [3.05, 3.63) is 0 Å². The summed E-state index contributed by atoms with van der Waals surface area (Å²) < 4.78 is 0. The zero-order valence-electron chi connectivity index (χ0n) is 19.8. The minimum absolute atomic E-state index is 0.173. The van der Waals surface area contributed by atoms with Crippen LogP contribution in [0.2, 0.25) is 0 Å². The molecule has 0 saturated heterocycles. The van der Waals surface area contributed by atoms with E-state index in [2.05, 4.69) is 34.6 Å². The number of rotatable bonds is 5. The van der Waals surface area contributed by atoms with Gasteiger partial charge >= 0.3 is 0 Å². The van der Waals surface area contributed by atoms with Gasteiger partial charge in [-0.05, 0) is 79.4 Å². The third-order valence-corrected chi connectivity index (χ3v) is 10.8. The van der Waals surface area contributed by atoms with Gasteiger partial charge in [0, 0.05) is 11.8 Å². The van der Waals surface area contributed by atoms with E-state index in [0.717, 1.165) is 30.6 Å². The van der Waals surface area contributed by atoms with E-state index >= 15 is 0 Å². The van der Waals surface area contributed by atoms with Gasteiger partial charge in [0.05, 0.1) is 0 Å². The summed E-state index contributed by atoms with van der Waals surface area (Å²) in [7, 11) is 0. The van der Waals surface area contributed by atoms with Crippen molar-refractivity contribution in [2.45, 2.75) is 117 Å². The number of ketones is 1. The van der Waals surface area contributed by atoms with Gasteiger partial charge in [-0.1, -0.05) is 66.7 Å². The lowest BCUT2D eigenvalue weighted by molar-refractivity contribution is -0.203. The molecule has 0 bridgehead atoms. The Kier molecular flexibility index (Phi) is 5.76. The second-order valence-electron chi connectivity index (χ2n) is 12.5. The molecule has 0 aromatic rings. The summed E-state index contributed by atoms with van der Waals surface area (Å²) in [5, 5.41) is 11.5. The number of hydrogen-bond acceptors (Lipinski definition) is 2. The van der Waals surface area contributed by atoms with E-state index < -0.39 is 5.60 Å². The Morgan fingerprint density at radius 3 is 2.41 bits per heavy atom. The lowest BCUT2D eigenvalue weighted by atomic mass is 9.43. The Labute approximate surface area is 179 Å². The molecular formula is C27H46O2. The predicted molar refractivity (Wildman–Crippen MR) is 120 cm³/mol. The van der Waals surface area contributed by atoms with E-state index in [1.165, 1.54) is 51.4 Å². The van der Waals surface area contributed by atoms with Crippen LogP contribution in [0.4, 0.5) is 0 Å². The van der Waals surface area contributed by atoms with Crippen molar-refractivity contribution >= 4 is 5.78 Å². The summed E-state index contributed by atoms with van der Waals surface area (Å²) in [4.78, 5) is 13.3. The van der Waals surface area contributed by atoms with Crippen molar-refractivity contribution in [1.29, 1.82) is 0 Å². The van der Waals surface area contributed by atoms with E-state index in [9.17, 15) is 9.90 Å². The Balaban J connectivity index is 1.53. The van der Waals surface area contributed by atoms with Crippen molar-refractivity contribution in [2.24, 2.45) is 46.3 Å². The van der Waals surface area contributed by atoms with Crippen LogP contribution >= 0.6 is 0 Å². The largest absolute Gasteiger partial charge is 0.381 e. The molecule has 4 saturated carbocycles. The molecule has 0 aromatic heterocycles. The fourth-order valence-electron chi connectivity index (χ4n) is 9.09. The molecule has 2 heteroatoms. The second-order valence-corrected chi connectivity index (χ2v) is 12.5. The van der Waals surface area contributed by atoms with Crippen LogP contribution in [-0.2, 0) is 4.79 Å². The van der Waals surface area contributed by atoms with Crippen LogP contribution in [0.1, 0.15) is 112 Å². The van der Waals surface area contributed by atoms with Gasteiger partial charge in [-0.2, -0.15) is 0 Å². The van der Waals surface area contributed by atoms with E-state index in [1.54, 1.807) is 0 Å². The number of carbonyl (C=O) groups excluding carboxylic acids is 1. The Morgan fingerprint density at radius 1 is 0.966 bits per heavy atom. The maximum Gasteiger partial charge on any atom is 0.165 e. The summed E-state index contributed by atoms with van der Waals surface area (Å²) in [6.07, 6.45) is 14.0. The fourth-order valence-corrected chi connectivity index (χ4v) is 9.09. The van der Waals surface area contributed by atoms with Crippen molar-refractivity contribution in [3.63, 3.8) is 0 Å². The molecule has 29 heavy (non-hydrogen) atoms. The lowest BCUT2D eigenvalue weighted by Crippen LogP contribution is -2.65. The zero-order valence-corrected chi connectivity index (χ0v) is 19.8. The van der Waals surface area contributed by atoms with Crippen LogP contribution in [0.15, 0.2) is 0 Å². The van der Waals surface area contributed by atoms with Crippen molar-refractivity contribution in [2.75, 3.05) is 0 Å². The normalized spacial score (nSPS) is 48.2. The highest BCUT2D eigenvalue weighted by Gasteiger charge is 2.66.